The van der Waals surface area contributed by atoms with E-state index in [4.69, 9.17) is 14.6 Å². The highest BCUT2D eigenvalue weighted by molar-refractivity contribution is 5.73. The van der Waals surface area contributed by atoms with Crippen molar-refractivity contribution in [3.8, 4) is 5.75 Å². The van der Waals surface area contributed by atoms with E-state index in [1.807, 2.05) is 12.1 Å². The lowest BCUT2D eigenvalue weighted by molar-refractivity contribution is -0.271. The molecule has 0 aliphatic carbocycles. The van der Waals surface area contributed by atoms with Crippen molar-refractivity contribution in [3.63, 3.8) is 0 Å². The lowest BCUT2D eigenvalue weighted by Crippen LogP contribution is -2.61. The van der Waals surface area contributed by atoms with Crippen molar-refractivity contribution in [1.82, 2.24) is 0 Å². The molecule has 1 fully saturated rings. The van der Waals surface area contributed by atoms with E-state index >= 15 is 0 Å². The second-order valence-electron chi connectivity index (χ2n) is 6.09. The van der Waals surface area contributed by atoms with E-state index in [0.29, 0.717) is 11.7 Å². The maximum atomic E-state index is 11.0. The summed E-state index contributed by atoms with van der Waals surface area (Å²) >= 11 is 0. The van der Waals surface area contributed by atoms with Crippen LogP contribution in [0.15, 0.2) is 24.3 Å². The number of hydrogen-bond acceptors (Lipinski definition) is 6. The number of carbonyl (C=O) groups is 1. The molecule has 1 heterocycles. The van der Waals surface area contributed by atoms with E-state index in [0.717, 1.165) is 12.0 Å². The first kappa shape index (κ1) is 17.7. The van der Waals surface area contributed by atoms with E-state index < -0.39 is 36.7 Å². The number of hydrogen-bond donors (Lipinski definition) is 4. The number of carboxylic acid groups (broad SMARTS) is 1. The Kier molecular flexibility index (Phi) is 5.59. The molecule has 5 atom stereocenters. The molecule has 1 unspecified atom stereocenters. The van der Waals surface area contributed by atoms with Crippen LogP contribution in [-0.2, 0) is 16.0 Å². The maximum absolute atomic E-state index is 11.0. The normalized spacial score (nSPS) is 31.1. The molecule has 0 bridgehead atoms. The summed E-state index contributed by atoms with van der Waals surface area (Å²) in [6.45, 7) is 4.21. The minimum absolute atomic E-state index is 0.370. The van der Waals surface area contributed by atoms with Gasteiger partial charge in [0.05, 0.1) is 0 Å². The molecule has 7 nitrogen and oxygen atoms in total. The Hall–Kier alpha value is -1.67. The molecule has 4 N–H and O–H groups in total. The molecule has 7 heteroatoms. The van der Waals surface area contributed by atoms with Crippen LogP contribution in [0, 0.1) is 5.92 Å². The van der Waals surface area contributed by atoms with Crippen molar-refractivity contribution >= 4 is 5.97 Å². The third-order valence-corrected chi connectivity index (χ3v) is 3.63. The van der Waals surface area contributed by atoms with Crippen LogP contribution in [0.2, 0.25) is 0 Å². The van der Waals surface area contributed by atoms with Crippen molar-refractivity contribution in [2.24, 2.45) is 5.92 Å². The van der Waals surface area contributed by atoms with Crippen LogP contribution >= 0.6 is 0 Å². The summed E-state index contributed by atoms with van der Waals surface area (Å²) < 4.78 is 10.5. The van der Waals surface area contributed by atoms with Crippen LogP contribution in [0.1, 0.15) is 19.4 Å². The first-order chi connectivity index (χ1) is 10.8. The Labute approximate surface area is 134 Å². The molecule has 0 saturated carbocycles. The Bertz CT molecular complexity index is 528. The zero-order valence-corrected chi connectivity index (χ0v) is 13.0. The highest BCUT2D eigenvalue weighted by Gasteiger charge is 2.48. The average molecular weight is 326 g/mol. The van der Waals surface area contributed by atoms with Gasteiger partial charge in [0, 0.05) is 0 Å². The monoisotopic (exact) mass is 326 g/mol. The number of rotatable bonds is 5. The first-order valence-corrected chi connectivity index (χ1v) is 7.47. The number of aliphatic hydroxyl groups excluding tert-OH is 3. The molecular weight excluding hydrogens is 304 g/mol. The molecular formula is C16H22O7. The fourth-order valence-corrected chi connectivity index (χ4v) is 2.46. The SMILES string of the molecule is CC(C)Cc1ccc(OC2O[C@H](C(=O)O)[C@@H](O)[C@H](O)[C@H]2O)cc1. The van der Waals surface area contributed by atoms with E-state index in [1.54, 1.807) is 12.1 Å². The Balaban J connectivity index is 2.07. The molecule has 0 amide bonds. The van der Waals surface area contributed by atoms with Crippen molar-refractivity contribution in [1.29, 1.82) is 0 Å². The lowest BCUT2D eigenvalue weighted by Gasteiger charge is -2.38. The predicted octanol–water partition coefficient (Wildman–Crippen LogP) is 0.156. The summed E-state index contributed by atoms with van der Waals surface area (Å²) in [4.78, 5) is 11.0. The number of benzene rings is 1. The summed E-state index contributed by atoms with van der Waals surface area (Å²) in [7, 11) is 0. The molecule has 1 aliphatic heterocycles. The van der Waals surface area contributed by atoms with Gasteiger partial charge < -0.3 is 29.9 Å². The van der Waals surface area contributed by atoms with Gasteiger partial charge >= 0.3 is 5.97 Å². The minimum Gasteiger partial charge on any atom is -0.479 e. The average Bonchev–Trinajstić information content (AvgIpc) is 2.48. The number of aliphatic hydroxyl groups is 3. The largest absolute Gasteiger partial charge is 0.479 e. The van der Waals surface area contributed by atoms with Gasteiger partial charge in [0.1, 0.15) is 24.1 Å². The van der Waals surface area contributed by atoms with Gasteiger partial charge in [-0.25, -0.2) is 4.79 Å². The summed E-state index contributed by atoms with van der Waals surface area (Å²) in [5.41, 5.74) is 1.12. The highest BCUT2D eigenvalue weighted by Crippen LogP contribution is 2.25. The molecule has 1 aromatic carbocycles. The van der Waals surface area contributed by atoms with E-state index in [-0.39, 0.29) is 0 Å². The van der Waals surface area contributed by atoms with Crippen molar-refractivity contribution in [2.75, 3.05) is 0 Å². The summed E-state index contributed by atoms with van der Waals surface area (Å²) in [6.07, 6.45) is -7.10. The quantitative estimate of drug-likeness (QED) is 0.609. The molecule has 128 valence electrons. The topological polar surface area (TPSA) is 116 Å². The van der Waals surface area contributed by atoms with Crippen molar-refractivity contribution in [3.05, 3.63) is 29.8 Å². The first-order valence-electron chi connectivity index (χ1n) is 7.47. The van der Waals surface area contributed by atoms with Gasteiger partial charge in [-0.05, 0) is 30.0 Å². The lowest BCUT2D eigenvalue weighted by atomic mass is 9.99. The number of ether oxygens (including phenoxy) is 2. The highest BCUT2D eigenvalue weighted by atomic mass is 16.7. The van der Waals surface area contributed by atoms with E-state index in [1.165, 1.54) is 0 Å². The predicted molar refractivity (Wildman–Crippen MR) is 79.9 cm³/mol. The van der Waals surface area contributed by atoms with Crippen LogP contribution in [0.3, 0.4) is 0 Å². The van der Waals surface area contributed by atoms with E-state index in [9.17, 15) is 20.1 Å². The molecule has 0 radical (unpaired) electrons. The van der Waals surface area contributed by atoms with Crippen LogP contribution in [0.4, 0.5) is 0 Å². The van der Waals surface area contributed by atoms with Gasteiger partial charge in [0.25, 0.3) is 0 Å². The fourth-order valence-electron chi connectivity index (χ4n) is 2.46. The summed E-state index contributed by atoms with van der Waals surface area (Å²) in [6, 6.07) is 7.09. The Morgan fingerprint density at radius 1 is 1.13 bits per heavy atom. The number of carboxylic acids is 1. The van der Waals surface area contributed by atoms with Gasteiger partial charge in [-0.15, -0.1) is 0 Å². The summed E-state index contributed by atoms with van der Waals surface area (Å²) in [5.74, 6) is -0.558. The summed E-state index contributed by atoms with van der Waals surface area (Å²) in [5, 5.41) is 38.2. The van der Waals surface area contributed by atoms with Gasteiger partial charge in [0.2, 0.25) is 6.29 Å². The van der Waals surface area contributed by atoms with Gasteiger partial charge in [-0.3, -0.25) is 0 Å². The van der Waals surface area contributed by atoms with Gasteiger partial charge in [-0.1, -0.05) is 26.0 Å². The molecule has 2 rings (SSSR count). The number of aliphatic carboxylic acids is 1. The van der Waals surface area contributed by atoms with Gasteiger partial charge in [-0.2, -0.15) is 0 Å². The molecule has 1 aromatic rings. The molecule has 0 aromatic heterocycles. The molecule has 1 saturated heterocycles. The zero-order chi connectivity index (χ0) is 17.1. The molecule has 0 spiro atoms. The maximum Gasteiger partial charge on any atom is 0.335 e. The third-order valence-electron chi connectivity index (χ3n) is 3.63. The molecule has 1 aliphatic rings. The Morgan fingerprint density at radius 2 is 1.74 bits per heavy atom. The fraction of sp³-hybridized carbons (Fsp3) is 0.562. The van der Waals surface area contributed by atoms with Crippen molar-refractivity contribution < 1.29 is 34.7 Å². The minimum atomic E-state index is -1.73. The van der Waals surface area contributed by atoms with Crippen LogP contribution in [0.25, 0.3) is 0 Å². The molecule has 23 heavy (non-hydrogen) atoms. The smallest absolute Gasteiger partial charge is 0.335 e. The van der Waals surface area contributed by atoms with Crippen LogP contribution in [0.5, 0.6) is 5.75 Å². The Morgan fingerprint density at radius 3 is 2.26 bits per heavy atom. The van der Waals surface area contributed by atoms with Gasteiger partial charge in [0.15, 0.2) is 6.10 Å². The standard InChI is InChI=1S/C16H22O7/c1-8(2)7-9-3-5-10(6-4-9)22-16-13(19)11(17)12(18)14(23-16)15(20)21/h3-6,8,11-14,16-19H,7H2,1-2H3,(H,20,21)/t11-,12-,13+,14-,16?/m0/s1. The van der Waals surface area contributed by atoms with Crippen molar-refractivity contribution in [2.45, 2.75) is 51.0 Å². The third kappa shape index (κ3) is 4.20. The zero-order valence-electron chi connectivity index (χ0n) is 13.0. The van der Waals surface area contributed by atoms with E-state index in [2.05, 4.69) is 13.8 Å². The second-order valence-corrected chi connectivity index (χ2v) is 6.09. The second kappa shape index (κ2) is 7.27. The van der Waals surface area contributed by atoms with Crippen LogP contribution < -0.4 is 4.74 Å². The van der Waals surface area contributed by atoms with Crippen LogP contribution in [-0.4, -0.2) is 57.1 Å².